The van der Waals surface area contributed by atoms with Gasteiger partial charge in [-0.1, -0.05) is 23.7 Å². The van der Waals surface area contributed by atoms with Gasteiger partial charge < -0.3 is 14.2 Å². The quantitative estimate of drug-likeness (QED) is 0.549. The summed E-state index contributed by atoms with van der Waals surface area (Å²) in [5.74, 6) is -0.974. The normalized spacial score (nSPS) is 17.1. The van der Waals surface area contributed by atoms with Gasteiger partial charge in [0, 0.05) is 35.5 Å². The zero-order valence-corrected chi connectivity index (χ0v) is 17.1. The molecular formula is C22H18ClFN2O4. The van der Waals surface area contributed by atoms with Gasteiger partial charge in [0.1, 0.15) is 18.1 Å². The minimum Gasteiger partial charge on any atom is -0.466 e. The zero-order chi connectivity index (χ0) is 21.3. The van der Waals surface area contributed by atoms with Crippen LogP contribution in [0, 0.1) is 5.82 Å². The summed E-state index contributed by atoms with van der Waals surface area (Å²) in [6.45, 7) is 3.68. The number of carbonyl (C=O) groups is 1. The highest BCUT2D eigenvalue weighted by atomic mass is 35.5. The Morgan fingerprint density at radius 2 is 1.97 bits per heavy atom. The van der Waals surface area contributed by atoms with Crippen LogP contribution < -0.4 is 9.47 Å². The van der Waals surface area contributed by atoms with Crippen LogP contribution in [0.1, 0.15) is 25.2 Å². The lowest BCUT2D eigenvalue weighted by Crippen LogP contribution is -2.32. The predicted molar refractivity (Wildman–Crippen MR) is 108 cm³/mol. The monoisotopic (exact) mass is 428 g/mol. The standard InChI is InChI=1S/C22H18ClFN2O4/c1-3-28-20(27)10-19-25-11-13(12-26-19)15-5-4-6-18-21(15)30-22(2,29-18)16-8-7-14(23)9-17(16)24/h4-9,11-12H,3,10H2,1-2H3. The molecule has 0 fully saturated rings. The predicted octanol–water partition coefficient (Wildman–Crippen LogP) is 4.69. The molecule has 1 aromatic heterocycles. The van der Waals surface area contributed by atoms with E-state index in [0.29, 0.717) is 35.1 Å². The smallest absolute Gasteiger partial charge is 0.313 e. The zero-order valence-electron chi connectivity index (χ0n) is 16.3. The molecule has 0 amide bonds. The fourth-order valence-corrected chi connectivity index (χ4v) is 3.41. The van der Waals surface area contributed by atoms with Crippen molar-refractivity contribution in [1.82, 2.24) is 9.97 Å². The number of benzene rings is 2. The summed E-state index contributed by atoms with van der Waals surface area (Å²) >= 11 is 5.86. The number of hydrogen-bond acceptors (Lipinski definition) is 6. The number of rotatable bonds is 5. The molecule has 154 valence electrons. The van der Waals surface area contributed by atoms with Crippen LogP contribution in [0.2, 0.25) is 5.02 Å². The maximum Gasteiger partial charge on any atom is 0.313 e. The van der Waals surface area contributed by atoms with Crippen molar-refractivity contribution in [2.75, 3.05) is 6.61 Å². The van der Waals surface area contributed by atoms with Gasteiger partial charge in [-0.2, -0.15) is 0 Å². The first-order chi connectivity index (χ1) is 14.4. The fourth-order valence-electron chi connectivity index (χ4n) is 3.25. The third-order valence-corrected chi connectivity index (χ3v) is 4.86. The van der Waals surface area contributed by atoms with Crippen LogP contribution in [0.25, 0.3) is 11.1 Å². The third kappa shape index (κ3) is 3.80. The van der Waals surface area contributed by atoms with Gasteiger partial charge in [0.2, 0.25) is 0 Å². The molecular weight excluding hydrogens is 411 g/mol. The highest BCUT2D eigenvalue weighted by molar-refractivity contribution is 6.30. The van der Waals surface area contributed by atoms with Crippen LogP contribution in [0.4, 0.5) is 4.39 Å². The second-order valence-corrected chi connectivity index (χ2v) is 7.21. The van der Waals surface area contributed by atoms with E-state index in [1.54, 1.807) is 44.4 Å². The van der Waals surface area contributed by atoms with Crippen LogP contribution >= 0.6 is 11.6 Å². The fraction of sp³-hybridized carbons (Fsp3) is 0.227. The first kappa shape index (κ1) is 20.1. The van der Waals surface area contributed by atoms with E-state index in [-0.39, 0.29) is 23.0 Å². The molecule has 6 nitrogen and oxygen atoms in total. The molecule has 1 aliphatic heterocycles. The van der Waals surface area contributed by atoms with Crippen molar-refractivity contribution in [2.45, 2.75) is 26.1 Å². The number of aromatic nitrogens is 2. The van der Waals surface area contributed by atoms with Crippen molar-refractivity contribution < 1.29 is 23.4 Å². The first-order valence-electron chi connectivity index (χ1n) is 9.33. The molecule has 2 aromatic carbocycles. The summed E-state index contributed by atoms with van der Waals surface area (Å²) in [6, 6.07) is 9.71. The summed E-state index contributed by atoms with van der Waals surface area (Å²) in [5, 5.41) is 0.288. The molecule has 0 spiro atoms. The number of para-hydroxylation sites is 1. The molecule has 3 aromatic rings. The van der Waals surface area contributed by atoms with Crippen LogP contribution in [0.15, 0.2) is 48.8 Å². The number of hydrogen-bond donors (Lipinski definition) is 0. The van der Waals surface area contributed by atoms with Crippen LogP contribution in [-0.2, 0) is 21.7 Å². The van der Waals surface area contributed by atoms with E-state index in [9.17, 15) is 9.18 Å². The molecule has 4 rings (SSSR count). The lowest BCUT2D eigenvalue weighted by molar-refractivity contribution is -0.142. The number of ether oxygens (including phenoxy) is 3. The van der Waals surface area contributed by atoms with E-state index in [0.717, 1.165) is 0 Å². The second-order valence-electron chi connectivity index (χ2n) is 6.78. The minimum absolute atomic E-state index is 0.00541. The molecule has 2 heterocycles. The van der Waals surface area contributed by atoms with E-state index in [1.165, 1.54) is 12.1 Å². The van der Waals surface area contributed by atoms with Crippen LogP contribution in [-0.4, -0.2) is 22.5 Å². The van der Waals surface area contributed by atoms with Crippen molar-refractivity contribution in [3.05, 3.63) is 71.0 Å². The average Bonchev–Trinajstić information content (AvgIpc) is 3.05. The van der Waals surface area contributed by atoms with E-state index in [4.69, 9.17) is 25.8 Å². The lowest BCUT2D eigenvalue weighted by atomic mass is 10.1. The Labute approximate surface area is 177 Å². The van der Waals surface area contributed by atoms with E-state index >= 15 is 0 Å². The van der Waals surface area contributed by atoms with Crippen LogP contribution in [0.5, 0.6) is 11.5 Å². The molecule has 1 unspecified atom stereocenters. The maximum absolute atomic E-state index is 14.5. The van der Waals surface area contributed by atoms with Crippen LogP contribution in [0.3, 0.4) is 0 Å². The summed E-state index contributed by atoms with van der Waals surface area (Å²) in [5.41, 5.74) is 1.59. The van der Waals surface area contributed by atoms with Gasteiger partial charge >= 0.3 is 5.97 Å². The minimum atomic E-state index is -1.35. The van der Waals surface area contributed by atoms with E-state index < -0.39 is 11.6 Å². The topological polar surface area (TPSA) is 70.5 Å². The Balaban J connectivity index is 1.63. The largest absolute Gasteiger partial charge is 0.466 e. The van der Waals surface area contributed by atoms with Crippen molar-refractivity contribution in [3.8, 4) is 22.6 Å². The number of halogens is 2. The number of nitrogens with zero attached hydrogens (tertiary/aromatic N) is 2. The maximum atomic E-state index is 14.5. The molecule has 0 saturated carbocycles. The van der Waals surface area contributed by atoms with Crippen molar-refractivity contribution in [3.63, 3.8) is 0 Å². The highest BCUT2D eigenvalue weighted by Crippen LogP contribution is 2.49. The van der Waals surface area contributed by atoms with Gasteiger partial charge in [-0.25, -0.2) is 14.4 Å². The molecule has 1 atom stereocenters. The molecule has 1 aliphatic rings. The van der Waals surface area contributed by atoms with Crippen molar-refractivity contribution in [2.24, 2.45) is 0 Å². The molecule has 0 radical (unpaired) electrons. The van der Waals surface area contributed by atoms with Gasteiger partial charge in [0.05, 0.1) is 12.2 Å². The molecule has 30 heavy (non-hydrogen) atoms. The van der Waals surface area contributed by atoms with E-state index in [2.05, 4.69) is 9.97 Å². The molecule has 8 heteroatoms. The van der Waals surface area contributed by atoms with Gasteiger partial charge in [-0.15, -0.1) is 0 Å². The number of esters is 1. The summed E-state index contributed by atoms with van der Waals surface area (Å²) in [7, 11) is 0. The Hall–Kier alpha value is -3.19. The van der Waals surface area contributed by atoms with Gasteiger partial charge in [-0.05, 0) is 31.2 Å². The Bertz CT molecular complexity index is 1110. The van der Waals surface area contributed by atoms with Crippen molar-refractivity contribution >= 4 is 17.6 Å². The Morgan fingerprint density at radius 1 is 1.20 bits per heavy atom. The number of fused-ring (bicyclic) bond motifs is 1. The SMILES string of the molecule is CCOC(=O)Cc1ncc(-c2cccc3c2OC(C)(c2ccc(Cl)cc2F)O3)cn1. The molecule has 0 aliphatic carbocycles. The molecule has 0 bridgehead atoms. The first-order valence-corrected chi connectivity index (χ1v) is 9.71. The Morgan fingerprint density at radius 3 is 2.67 bits per heavy atom. The molecule has 0 N–H and O–H groups in total. The summed E-state index contributed by atoms with van der Waals surface area (Å²) in [6.07, 6.45) is 3.19. The highest BCUT2D eigenvalue weighted by Gasteiger charge is 2.42. The second kappa shape index (κ2) is 7.91. The van der Waals surface area contributed by atoms with Gasteiger partial charge in [-0.3, -0.25) is 4.79 Å². The van der Waals surface area contributed by atoms with Crippen molar-refractivity contribution in [1.29, 1.82) is 0 Å². The third-order valence-electron chi connectivity index (χ3n) is 4.62. The average molecular weight is 429 g/mol. The van der Waals surface area contributed by atoms with Gasteiger partial charge in [0.25, 0.3) is 5.79 Å². The van der Waals surface area contributed by atoms with E-state index in [1.807, 2.05) is 6.07 Å². The number of carbonyl (C=O) groups excluding carboxylic acids is 1. The van der Waals surface area contributed by atoms with Gasteiger partial charge in [0.15, 0.2) is 11.5 Å². The summed E-state index contributed by atoms with van der Waals surface area (Å²) < 4.78 is 31.4. The lowest BCUT2D eigenvalue weighted by Gasteiger charge is -2.24. The molecule has 0 saturated heterocycles. The Kier molecular flexibility index (Phi) is 5.30. The summed E-state index contributed by atoms with van der Waals surface area (Å²) in [4.78, 5) is 20.1.